The van der Waals surface area contributed by atoms with Gasteiger partial charge in [0.2, 0.25) is 0 Å². The summed E-state index contributed by atoms with van der Waals surface area (Å²) >= 11 is 0. The van der Waals surface area contributed by atoms with Gasteiger partial charge in [-0.25, -0.2) is 9.48 Å². The Balaban J connectivity index is 1.70. The van der Waals surface area contributed by atoms with Crippen molar-refractivity contribution in [2.45, 2.75) is 32.6 Å². The lowest BCUT2D eigenvalue weighted by Gasteiger charge is -2.24. The van der Waals surface area contributed by atoms with Crippen LogP contribution in [-0.4, -0.2) is 26.1 Å². The summed E-state index contributed by atoms with van der Waals surface area (Å²) in [6.45, 7) is 3.80. The Morgan fingerprint density at radius 3 is 2.38 bits per heavy atom. The van der Waals surface area contributed by atoms with Crippen molar-refractivity contribution >= 4 is 5.97 Å². The minimum Gasteiger partial charge on any atom is -0.456 e. The van der Waals surface area contributed by atoms with Crippen molar-refractivity contribution in [2.75, 3.05) is 0 Å². The second-order valence-electron chi connectivity index (χ2n) is 6.38. The molecule has 1 atom stereocenters. The summed E-state index contributed by atoms with van der Waals surface area (Å²) in [7, 11) is 0. The molecular weight excluding hydrogens is 330 g/mol. The van der Waals surface area contributed by atoms with Crippen molar-refractivity contribution < 1.29 is 14.6 Å². The average Bonchev–Trinajstić information content (AvgIpc) is 3.01. The lowest BCUT2D eigenvalue weighted by atomic mass is 9.96. The standard InChI is InChI=1S/C20H21N3O3/c1-15-18(19(24)26-13-16-9-5-3-6-10-16)21-22-23(15)14-20(2,25)17-11-7-4-8-12-17/h3-12,25H,13-14H2,1-2H3. The number of hydrogen-bond donors (Lipinski definition) is 1. The first-order valence-corrected chi connectivity index (χ1v) is 8.36. The highest BCUT2D eigenvalue weighted by molar-refractivity contribution is 5.88. The first-order chi connectivity index (χ1) is 12.5. The predicted octanol–water partition coefficient (Wildman–Crippen LogP) is 2.85. The molecule has 0 aliphatic carbocycles. The molecule has 6 heteroatoms. The molecule has 3 rings (SSSR count). The Hall–Kier alpha value is -2.99. The van der Waals surface area contributed by atoms with Gasteiger partial charge in [-0.1, -0.05) is 65.9 Å². The molecule has 1 N–H and O–H groups in total. The zero-order valence-electron chi connectivity index (χ0n) is 14.8. The summed E-state index contributed by atoms with van der Waals surface area (Å²) < 4.78 is 6.83. The van der Waals surface area contributed by atoms with E-state index in [1.165, 1.54) is 4.68 Å². The van der Waals surface area contributed by atoms with Crippen LogP contribution in [-0.2, 0) is 23.5 Å². The molecule has 2 aromatic carbocycles. The van der Waals surface area contributed by atoms with Gasteiger partial charge in [0.15, 0.2) is 5.69 Å². The van der Waals surface area contributed by atoms with Gasteiger partial charge in [-0.05, 0) is 25.0 Å². The first-order valence-electron chi connectivity index (χ1n) is 8.36. The van der Waals surface area contributed by atoms with Crippen LogP contribution in [0.1, 0.15) is 34.2 Å². The van der Waals surface area contributed by atoms with Crippen LogP contribution >= 0.6 is 0 Å². The van der Waals surface area contributed by atoms with Gasteiger partial charge in [-0.15, -0.1) is 5.10 Å². The highest BCUT2D eigenvalue weighted by Crippen LogP contribution is 2.23. The number of carbonyl (C=O) groups is 1. The lowest BCUT2D eigenvalue weighted by Crippen LogP contribution is -2.29. The molecule has 1 heterocycles. The fourth-order valence-corrected chi connectivity index (χ4v) is 2.67. The fourth-order valence-electron chi connectivity index (χ4n) is 2.67. The van der Waals surface area contributed by atoms with E-state index in [9.17, 15) is 9.90 Å². The summed E-state index contributed by atoms with van der Waals surface area (Å²) in [6, 6.07) is 18.8. The number of ether oxygens (including phenoxy) is 1. The number of esters is 1. The lowest BCUT2D eigenvalue weighted by molar-refractivity contribution is 0.0332. The number of aliphatic hydroxyl groups is 1. The van der Waals surface area contributed by atoms with E-state index >= 15 is 0 Å². The van der Waals surface area contributed by atoms with Crippen molar-refractivity contribution in [3.8, 4) is 0 Å². The molecule has 0 saturated heterocycles. The van der Waals surface area contributed by atoms with Crippen LogP contribution in [0.2, 0.25) is 0 Å². The predicted molar refractivity (Wildman–Crippen MR) is 96.3 cm³/mol. The molecule has 1 aromatic heterocycles. The van der Waals surface area contributed by atoms with E-state index < -0.39 is 11.6 Å². The maximum Gasteiger partial charge on any atom is 0.361 e. The third-order valence-electron chi connectivity index (χ3n) is 4.24. The third kappa shape index (κ3) is 3.97. The number of hydrogen-bond acceptors (Lipinski definition) is 5. The van der Waals surface area contributed by atoms with Crippen molar-refractivity contribution in [3.63, 3.8) is 0 Å². The quantitative estimate of drug-likeness (QED) is 0.691. The normalized spacial score (nSPS) is 13.2. The molecule has 26 heavy (non-hydrogen) atoms. The van der Waals surface area contributed by atoms with E-state index in [4.69, 9.17) is 4.74 Å². The number of aromatic nitrogens is 3. The first kappa shape index (κ1) is 17.8. The van der Waals surface area contributed by atoms with Crippen molar-refractivity contribution in [1.82, 2.24) is 15.0 Å². The smallest absolute Gasteiger partial charge is 0.361 e. The van der Waals surface area contributed by atoms with Gasteiger partial charge in [0, 0.05) is 0 Å². The molecule has 6 nitrogen and oxygen atoms in total. The summed E-state index contributed by atoms with van der Waals surface area (Å²) in [4.78, 5) is 12.3. The molecule has 0 fully saturated rings. The number of nitrogens with zero attached hydrogens (tertiary/aromatic N) is 3. The third-order valence-corrected chi connectivity index (χ3v) is 4.24. The maximum absolute atomic E-state index is 12.3. The van der Waals surface area contributed by atoms with Crippen LogP contribution in [0.4, 0.5) is 0 Å². The van der Waals surface area contributed by atoms with Crippen LogP contribution in [0.3, 0.4) is 0 Å². The van der Waals surface area contributed by atoms with Gasteiger partial charge in [0.25, 0.3) is 0 Å². The molecule has 134 valence electrons. The van der Waals surface area contributed by atoms with Crippen LogP contribution in [0, 0.1) is 6.92 Å². The van der Waals surface area contributed by atoms with Gasteiger partial charge < -0.3 is 9.84 Å². The minimum atomic E-state index is -1.13. The highest BCUT2D eigenvalue weighted by Gasteiger charge is 2.27. The van der Waals surface area contributed by atoms with Crippen LogP contribution in [0.25, 0.3) is 0 Å². The monoisotopic (exact) mass is 351 g/mol. The molecular formula is C20H21N3O3. The minimum absolute atomic E-state index is 0.157. The van der Waals surface area contributed by atoms with E-state index in [0.717, 1.165) is 11.1 Å². The Bertz CT molecular complexity index is 874. The van der Waals surface area contributed by atoms with E-state index in [2.05, 4.69) is 10.3 Å². The van der Waals surface area contributed by atoms with Crippen LogP contribution in [0.5, 0.6) is 0 Å². The topological polar surface area (TPSA) is 77.2 Å². The Labute approximate surface area is 152 Å². The van der Waals surface area contributed by atoms with Gasteiger partial charge in [-0.2, -0.15) is 0 Å². The molecule has 0 aliphatic rings. The summed E-state index contributed by atoms with van der Waals surface area (Å²) in [6.07, 6.45) is 0. The second kappa shape index (κ2) is 7.49. The van der Waals surface area contributed by atoms with Gasteiger partial charge in [-0.3, -0.25) is 0 Å². The van der Waals surface area contributed by atoms with Crippen molar-refractivity contribution in [3.05, 3.63) is 83.2 Å². The molecule has 1 unspecified atom stereocenters. The van der Waals surface area contributed by atoms with Crippen molar-refractivity contribution in [1.29, 1.82) is 0 Å². The molecule has 0 aliphatic heterocycles. The van der Waals surface area contributed by atoms with Crippen molar-refractivity contribution in [2.24, 2.45) is 0 Å². The Morgan fingerprint density at radius 1 is 1.12 bits per heavy atom. The molecule has 0 spiro atoms. The zero-order chi connectivity index (χ0) is 18.6. The number of benzene rings is 2. The van der Waals surface area contributed by atoms with E-state index in [1.54, 1.807) is 13.8 Å². The van der Waals surface area contributed by atoms with Gasteiger partial charge >= 0.3 is 5.97 Å². The van der Waals surface area contributed by atoms with Gasteiger partial charge in [0.1, 0.15) is 12.2 Å². The summed E-state index contributed by atoms with van der Waals surface area (Å²) in [5, 5.41) is 18.7. The Morgan fingerprint density at radius 2 is 1.73 bits per heavy atom. The molecule has 0 bridgehead atoms. The van der Waals surface area contributed by atoms with E-state index in [1.807, 2.05) is 60.7 Å². The summed E-state index contributed by atoms with van der Waals surface area (Å²) in [5.74, 6) is -0.531. The van der Waals surface area contributed by atoms with E-state index in [-0.39, 0.29) is 18.8 Å². The average molecular weight is 351 g/mol. The van der Waals surface area contributed by atoms with Crippen LogP contribution in [0.15, 0.2) is 60.7 Å². The SMILES string of the molecule is Cc1c(C(=O)OCc2ccccc2)nnn1CC(C)(O)c1ccccc1. The van der Waals surface area contributed by atoms with E-state index in [0.29, 0.717) is 5.69 Å². The van der Waals surface area contributed by atoms with Gasteiger partial charge in [0.05, 0.1) is 12.2 Å². The number of carbonyl (C=O) groups excluding carboxylic acids is 1. The molecule has 0 amide bonds. The Kier molecular flexibility index (Phi) is 5.14. The zero-order valence-corrected chi connectivity index (χ0v) is 14.8. The largest absolute Gasteiger partial charge is 0.456 e. The highest BCUT2D eigenvalue weighted by atomic mass is 16.5. The molecule has 0 radical (unpaired) electrons. The molecule has 0 saturated carbocycles. The fraction of sp³-hybridized carbons (Fsp3) is 0.250. The maximum atomic E-state index is 12.3. The molecule has 3 aromatic rings. The number of rotatable bonds is 6. The van der Waals surface area contributed by atoms with Crippen LogP contribution < -0.4 is 0 Å². The summed E-state index contributed by atoms with van der Waals surface area (Å²) in [5.41, 5.74) is 1.25. The second-order valence-corrected chi connectivity index (χ2v) is 6.38.